The standard InChI is InChI=1S/C25H32F3N5O/c1-16-7-10-18(22(13-16)34-25(26,27)28)15-30-14-17-8-11-19(12-9-17)31-24-32-21-6-4-3-5-20(21)23(29-2)33-24/h3-6,10,13,16-17,19,30H,7-9,11-12,14-15H2,1-2H3,(H2,29,31,32,33). The smallest absolute Gasteiger partial charge is 0.406 e. The van der Waals surface area contributed by atoms with Crippen LogP contribution in [0.4, 0.5) is 24.9 Å². The number of halogens is 3. The highest BCUT2D eigenvalue weighted by Crippen LogP contribution is 2.31. The fraction of sp³-hybridized carbons (Fsp3) is 0.520. The van der Waals surface area contributed by atoms with E-state index in [0.717, 1.165) is 55.4 Å². The lowest BCUT2D eigenvalue weighted by molar-refractivity contribution is -0.304. The number of nitrogens with zero attached hydrogens (tertiary/aromatic N) is 2. The number of allylic oxidation sites excluding steroid dienone is 2. The molecule has 1 heterocycles. The van der Waals surface area contributed by atoms with E-state index >= 15 is 0 Å². The summed E-state index contributed by atoms with van der Waals surface area (Å²) in [5.74, 6) is 1.90. The van der Waals surface area contributed by atoms with Gasteiger partial charge in [0.1, 0.15) is 11.6 Å². The van der Waals surface area contributed by atoms with Gasteiger partial charge < -0.3 is 20.7 Å². The normalized spacial score (nSPS) is 23.3. The van der Waals surface area contributed by atoms with E-state index in [9.17, 15) is 13.2 Å². The van der Waals surface area contributed by atoms with Crippen LogP contribution in [-0.2, 0) is 4.74 Å². The molecule has 2 aliphatic carbocycles. The Kier molecular flexibility index (Phi) is 7.60. The van der Waals surface area contributed by atoms with Crippen LogP contribution >= 0.6 is 0 Å². The lowest BCUT2D eigenvalue weighted by Crippen LogP contribution is -2.33. The molecule has 0 saturated heterocycles. The maximum atomic E-state index is 12.7. The van der Waals surface area contributed by atoms with Gasteiger partial charge in [0.2, 0.25) is 5.95 Å². The maximum absolute atomic E-state index is 12.7. The predicted octanol–water partition coefficient (Wildman–Crippen LogP) is 5.62. The Morgan fingerprint density at radius 1 is 1.09 bits per heavy atom. The van der Waals surface area contributed by atoms with Crippen LogP contribution in [0.2, 0.25) is 0 Å². The van der Waals surface area contributed by atoms with Crippen molar-refractivity contribution in [1.29, 1.82) is 0 Å². The van der Waals surface area contributed by atoms with Gasteiger partial charge in [-0.2, -0.15) is 4.98 Å². The van der Waals surface area contributed by atoms with Gasteiger partial charge in [-0.1, -0.05) is 25.1 Å². The van der Waals surface area contributed by atoms with E-state index in [1.807, 2.05) is 44.3 Å². The summed E-state index contributed by atoms with van der Waals surface area (Å²) in [6, 6.07) is 8.23. The van der Waals surface area contributed by atoms with Crippen LogP contribution in [0.1, 0.15) is 39.0 Å². The van der Waals surface area contributed by atoms with E-state index in [1.54, 1.807) is 6.08 Å². The molecule has 4 rings (SSSR count). The van der Waals surface area contributed by atoms with E-state index in [4.69, 9.17) is 0 Å². The average molecular weight is 476 g/mol. The monoisotopic (exact) mass is 475 g/mol. The molecule has 34 heavy (non-hydrogen) atoms. The lowest BCUT2D eigenvalue weighted by atomic mass is 9.86. The average Bonchev–Trinajstić information content (AvgIpc) is 2.80. The Morgan fingerprint density at radius 2 is 1.85 bits per heavy atom. The van der Waals surface area contributed by atoms with Crippen molar-refractivity contribution in [2.24, 2.45) is 11.8 Å². The summed E-state index contributed by atoms with van der Waals surface area (Å²) in [5, 5.41) is 11.0. The Morgan fingerprint density at radius 3 is 2.59 bits per heavy atom. The molecule has 0 spiro atoms. The van der Waals surface area contributed by atoms with Crippen molar-refractivity contribution < 1.29 is 17.9 Å². The highest BCUT2D eigenvalue weighted by molar-refractivity contribution is 5.89. The molecule has 1 fully saturated rings. The summed E-state index contributed by atoms with van der Waals surface area (Å²) in [6.07, 6.45) is 3.54. The number of ether oxygens (including phenoxy) is 1. The van der Waals surface area contributed by atoms with Crippen LogP contribution in [-0.4, -0.2) is 42.5 Å². The third-order valence-electron chi connectivity index (χ3n) is 6.48. The molecule has 3 N–H and O–H groups in total. The van der Waals surface area contributed by atoms with E-state index < -0.39 is 6.36 Å². The van der Waals surface area contributed by atoms with Gasteiger partial charge in [-0.3, -0.25) is 0 Å². The second kappa shape index (κ2) is 10.6. The van der Waals surface area contributed by atoms with E-state index in [1.165, 1.54) is 0 Å². The second-order valence-corrected chi connectivity index (χ2v) is 9.18. The molecular formula is C25H32F3N5O. The van der Waals surface area contributed by atoms with E-state index in [0.29, 0.717) is 30.0 Å². The highest BCUT2D eigenvalue weighted by Gasteiger charge is 2.34. The van der Waals surface area contributed by atoms with Gasteiger partial charge in [0, 0.05) is 30.6 Å². The minimum Gasteiger partial charge on any atom is -0.406 e. The molecule has 1 atom stereocenters. The van der Waals surface area contributed by atoms with Crippen molar-refractivity contribution in [3.63, 3.8) is 0 Å². The Balaban J connectivity index is 1.25. The van der Waals surface area contributed by atoms with Crippen LogP contribution in [0.5, 0.6) is 0 Å². The van der Waals surface area contributed by atoms with Gasteiger partial charge in [-0.05, 0) is 68.7 Å². The topological polar surface area (TPSA) is 71.1 Å². The molecule has 1 aromatic carbocycles. The molecule has 1 unspecified atom stereocenters. The zero-order valence-corrected chi connectivity index (χ0v) is 19.6. The van der Waals surface area contributed by atoms with Crippen LogP contribution in [0.25, 0.3) is 10.9 Å². The summed E-state index contributed by atoms with van der Waals surface area (Å²) in [7, 11) is 1.86. The number of hydrogen-bond acceptors (Lipinski definition) is 6. The first-order valence-electron chi connectivity index (χ1n) is 11.9. The molecule has 0 radical (unpaired) electrons. The third-order valence-corrected chi connectivity index (χ3v) is 6.48. The number of nitrogens with one attached hydrogen (secondary N) is 3. The minimum atomic E-state index is -4.67. The molecule has 1 aromatic heterocycles. The van der Waals surface area contributed by atoms with Gasteiger partial charge in [0.15, 0.2) is 0 Å². The van der Waals surface area contributed by atoms with Crippen molar-refractivity contribution in [1.82, 2.24) is 15.3 Å². The zero-order valence-electron chi connectivity index (χ0n) is 19.6. The van der Waals surface area contributed by atoms with Gasteiger partial charge in [-0.25, -0.2) is 4.98 Å². The minimum absolute atomic E-state index is 0.0413. The first-order valence-corrected chi connectivity index (χ1v) is 11.9. The van der Waals surface area contributed by atoms with Crippen molar-refractivity contribution in [2.45, 2.75) is 51.4 Å². The summed E-state index contributed by atoms with van der Waals surface area (Å²) in [4.78, 5) is 9.28. The fourth-order valence-electron chi connectivity index (χ4n) is 4.68. The second-order valence-electron chi connectivity index (χ2n) is 9.18. The number of para-hydroxylation sites is 1. The molecule has 2 aliphatic rings. The summed E-state index contributed by atoms with van der Waals surface area (Å²) in [5.41, 5.74) is 1.48. The van der Waals surface area contributed by atoms with E-state index in [2.05, 4.69) is 30.7 Å². The number of hydrogen-bond donors (Lipinski definition) is 3. The van der Waals surface area contributed by atoms with Crippen molar-refractivity contribution in [3.05, 3.63) is 47.7 Å². The summed E-state index contributed by atoms with van der Waals surface area (Å²) in [6.45, 7) is 3.04. The Hall–Kier alpha value is -2.81. The lowest BCUT2D eigenvalue weighted by Gasteiger charge is -2.30. The molecule has 0 bridgehead atoms. The van der Waals surface area contributed by atoms with Crippen molar-refractivity contribution in [2.75, 3.05) is 30.8 Å². The van der Waals surface area contributed by atoms with Crippen LogP contribution in [0.3, 0.4) is 0 Å². The van der Waals surface area contributed by atoms with Crippen molar-refractivity contribution in [3.8, 4) is 0 Å². The van der Waals surface area contributed by atoms with Crippen LogP contribution in [0.15, 0.2) is 47.7 Å². The first kappa shape index (κ1) is 24.3. The number of aromatic nitrogens is 2. The largest absolute Gasteiger partial charge is 0.573 e. The van der Waals surface area contributed by atoms with Crippen LogP contribution < -0.4 is 16.0 Å². The quantitative estimate of drug-likeness (QED) is 0.461. The molecule has 6 nitrogen and oxygen atoms in total. The van der Waals surface area contributed by atoms with E-state index in [-0.39, 0.29) is 11.7 Å². The molecular weight excluding hydrogens is 443 g/mol. The number of anilines is 2. The highest BCUT2D eigenvalue weighted by atomic mass is 19.4. The molecule has 0 aliphatic heterocycles. The number of fused-ring (bicyclic) bond motifs is 1. The SMILES string of the molecule is CNc1nc(NC2CCC(CNCC3=CCC(C)C=C3OC(F)(F)F)CC2)nc2ccccc12. The Labute approximate surface area is 198 Å². The van der Waals surface area contributed by atoms with Gasteiger partial charge >= 0.3 is 6.36 Å². The van der Waals surface area contributed by atoms with Gasteiger partial charge in [-0.15, -0.1) is 13.2 Å². The molecule has 184 valence electrons. The summed E-state index contributed by atoms with van der Waals surface area (Å²) >= 11 is 0. The van der Waals surface area contributed by atoms with Gasteiger partial charge in [0.05, 0.1) is 5.52 Å². The molecule has 9 heteroatoms. The van der Waals surface area contributed by atoms with Crippen molar-refractivity contribution >= 4 is 22.7 Å². The number of rotatable bonds is 8. The maximum Gasteiger partial charge on any atom is 0.573 e. The first-order chi connectivity index (χ1) is 16.3. The predicted molar refractivity (Wildman–Crippen MR) is 128 cm³/mol. The fourth-order valence-corrected chi connectivity index (χ4v) is 4.68. The molecule has 2 aromatic rings. The third kappa shape index (κ3) is 6.40. The molecule has 0 amide bonds. The number of benzene rings is 1. The zero-order chi connectivity index (χ0) is 24.1. The Bertz CT molecular complexity index is 1040. The van der Waals surface area contributed by atoms with Gasteiger partial charge in [0.25, 0.3) is 0 Å². The molecule has 1 saturated carbocycles. The number of alkyl halides is 3. The summed E-state index contributed by atoms with van der Waals surface area (Å²) < 4.78 is 42.5. The van der Waals surface area contributed by atoms with Crippen LogP contribution in [0, 0.1) is 11.8 Å².